The average Bonchev–Trinajstić information content (AvgIpc) is 2.72. The van der Waals surface area contributed by atoms with Crippen LogP contribution in [0.25, 0.3) is 0 Å². The summed E-state index contributed by atoms with van der Waals surface area (Å²) in [5.74, 6) is 0. The molecule has 1 nitrogen and oxygen atoms in total. The van der Waals surface area contributed by atoms with Crippen LogP contribution in [-0.4, -0.2) is 6.04 Å². The number of hydrogen-bond donors (Lipinski definition) is 1. The van der Waals surface area contributed by atoms with Crippen LogP contribution in [0.5, 0.6) is 0 Å². The lowest BCUT2D eigenvalue weighted by Gasteiger charge is -2.19. The van der Waals surface area contributed by atoms with E-state index in [2.05, 4.69) is 54.7 Å². The van der Waals surface area contributed by atoms with Crippen molar-refractivity contribution in [3.8, 4) is 0 Å². The summed E-state index contributed by atoms with van der Waals surface area (Å²) in [6, 6.07) is 11.7. The number of benzene rings is 1. The van der Waals surface area contributed by atoms with E-state index >= 15 is 0 Å². The van der Waals surface area contributed by atoms with Gasteiger partial charge in [-0.1, -0.05) is 42.5 Å². The molecule has 1 heteroatoms. The Morgan fingerprint density at radius 3 is 2.43 bits per heavy atom. The van der Waals surface area contributed by atoms with Crippen molar-refractivity contribution in [3.63, 3.8) is 0 Å². The van der Waals surface area contributed by atoms with Crippen molar-refractivity contribution in [2.75, 3.05) is 0 Å². The van der Waals surface area contributed by atoms with E-state index in [9.17, 15) is 0 Å². The summed E-state index contributed by atoms with van der Waals surface area (Å²) >= 11 is 0. The third-order valence-electron chi connectivity index (χ3n) is 2.79. The van der Waals surface area contributed by atoms with Crippen molar-refractivity contribution in [1.82, 2.24) is 5.32 Å². The maximum Gasteiger partial charge on any atom is 0.0294 e. The van der Waals surface area contributed by atoms with E-state index < -0.39 is 0 Å². The van der Waals surface area contributed by atoms with Crippen LogP contribution < -0.4 is 5.32 Å². The SMILES string of the molecule is CC(NC1CC=CC1)c1ccccc1. The quantitative estimate of drug-likeness (QED) is 0.717. The molecule has 0 fully saturated rings. The largest absolute Gasteiger partial charge is 0.307 e. The molecule has 1 aromatic rings. The van der Waals surface area contributed by atoms with Crippen molar-refractivity contribution in [2.45, 2.75) is 31.8 Å². The fourth-order valence-corrected chi connectivity index (χ4v) is 1.94. The molecule has 0 amide bonds. The van der Waals surface area contributed by atoms with Crippen LogP contribution in [0.3, 0.4) is 0 Å². The lowest BCUT2D eigenvalue weighted by Crippen LogP contribution is -2.29. The second-order valence-electron chi connectivity index (χ2n) is 3.94. The summed E-state index contributed by atoms with van der Waals surface area (Å²) in [6.45, 7) is 2.23. The van der Waals surface area contributed by atoms with E-state index in [1.54, 1.807) is 0 Å². The van der Waals surface area contributed by atoms with E-state index in [-0.39, 0.29) is 0 Å². The monoisotopic (exact) mass is 187 g/mol. The van der Waals surface area contributed by atoms with E-state index in [0.29, 0.717) is 12.1 Å². The zero-order chi connectivity index (χ0) is 9.80. The number of hydrogen-bond acceptors (Lipinski definition) is 1. The van der Waals surface area contributed by atoms with Crippen molar-refractivity contribution in [3.05, 3.63) is 48.0 Å². The Labute approximate surface area is 85.8 Å². The molecule has 2 rings (SSSR count). The highest BCUT2D eigenvalue weighted by Gasteiger charge is 2.13. The summed E-state index contributed by atoms with van der Waals surface area (Å²) in [5, 5.41) is 3.63. The Balaban J connectivity index is 1.92. The molecule has 14 heavy (non-hydrogen) atoms. The number of rotatable bonds is 3. The minimum atomic E-state index is 0.459. The van der Waals surface area contributed by atoms with E-state index in [4.69, 9.17) is 0 Å². The van der Waals surface area contributed by atoms with Crippen LogP contribution in [0.1, 0.15) is 31.4 Å². The van der Waals surface area contributed by atoms with Gasteiger partial charge in [0.05, 0.1) is 0 Å². The fourth-order valence-electron chi connectivity index (χ4n) is 1.94. The maximum atomic E-state index is 3.63. The predicted molar refractivity (Wildman–Crippen MR) is 60.2 cm³/mol. The van der Waals surface area contributed by atoms with Gasteiger partial charge >= 0.3 is 0 Å². The standard InChI is InChI=1S/C13H17N/c1-11(12-7-3-2-4-8-12)14-13-9-5-6-10-13/h2-8,11,13-14H,9-10H2,1H3. The van der Waals surface area contributed by atoms with Crippen LogP contribution in [0, 0.1) is 0 Å². The minimum Gasteiger partial charge on any atom is -0.307 e. The van der Waals surface area contributed by atoms with Gasteiger partial charge in [0.15, 0.2) is 0 Å². The third-order valence-corrected chi connectivity index (χ3v) is 2.79. The lowest BCUT2D eigenvalue weighted by atomic mass is 10.1. The zero-order valence-corrected chi connectivity index (χ0v) is 8.61. The van der Waals surface area contributed by atoms with Gasteiger partial charge in [-0.3, -0.25) is 0 Å². The van der Waals surface area contributed by atoms with Crippen molar-refractivity contribution >= 4 is 0 Å². The average molecular weight is 187 g/mol. The summed E-state index contributed by atoms with van der Waals surface area (Å²) in [5.41, 5.74) is 1.37. The van der Waals surface area contributed by atoms with Gasteiger partial charge in [-0.25, -0.2) is 0 Å². The first-order valence-corrected chi connectivity index (χ1v) is 5.32. The lowest BCUT2D eigenvalue weighted by molar-refractivity contribution is 0.471. The van der Waals surface area contributed by atoms with Gasteiger partial charge in [0.2, 0.25) is 0 Å². The third kappa shape index (κ3) is 2.24. The Morgan fingerprint density at radius 1 is 1.14 bits per heavy atom. The summed E-state index contributed by atoms with van der Waals surface area (Å²) < 4.78 is 0. The van der Waals surface area contributed by atoms with E-state index in [0.717, 1.165) is 0 Å². The molecule has 1 aliphatic carbocycles. The molecule has 0 aliphatic heterocycles. The Morgan fingerprint density at radius 2 is 1.79 bits per heavy atom. The molecule has 1 atom stereocenters. The molecule has 1 aliphatic rings. The first-order chi connectivity index (χ1) is 6.86. The zero-order valence-electron chi connectivity index (χ0n) is 8.61. The van der Waals surface area contributed by atoms with Crippen molar-refractivity contribution in [2.24, 2.45) is 0 Å². The number of nitrogens with one attached hydrogen (secondary N) is 1. The molecule has 0 spiro atoms. The van der Waals surface area contributed by atoms with Gasteiger partial charge < -0.3 is 5.32 Å². The van der Waals surface area contributed by atoms with Crippen LogP contribution >= 0.6 is 0 Å². The molecule has 0 saturated carbocycles. The summed E-state index contributed by atoms with van der Waals surface area (Å²) in [7, 11) is 0. The van der Waals surface area contributed by atoms with E-state index in [1.807, 2.05) is 0 Å². The minimum absolute atomic E-state index is 0.459. The molecule has 74 valence electrons. The Bertz CT molecular complexity index is 294. The first-order valence-electron chi connectivity index (χ1n) is 5.32. The maximum absolute atomic E-state index is 3.63. The van der Waals surface area contributed by atoms with Crippen molar-refractivity contribution in [1.29, 1.82) is 0 Å². The smallest absolute Gasteiger partial charge is 0.0294 e. The van der Waals surface area contributed by atoms with Crippen molar-refractivity contribution < 1.29 is 0 Å². The highest BCUT2D eigenvalue weighted by Crippen LogP contribution is 2.17. The molecule has 0 heterocycles. The second kappa shape index (κ2) is 4.43. The van der Waals surface area contributed by atoms with Gasteiger partial charge in [-0.2, -0.15) is 0 Å². The normalized spacial score (nSPS) is 18.6. The van der Waals surface area contributed by atoms with Gasteiger partial charge in [0, 0.05) is 12.1 Å². The fraction of sp³-hybridized carbons (Fsp3) is 0.385. The van der Waals surface area contributed by atoms with Crippen LogP contribution in [0.15, 0.2) is 42.5 Å². The summed E-state index contributed by atoms with van der Waals surface area (Å²) in [4.78, 5) is 0. The van der Waals surface area contributed by atoms with E-state index in [1.165, 1.54) is 18.4 Å². The predicted octanol–water partition coefficient (Wildman–Crippen LogP) is 3.06. The highest BCUT2D eigenvalue weighted by atomic mass is 14.9. The van der Waals surface area contributed by atoms with Crippen LogP contribution in [0.2, 0.25) is 0 Å². The molecule has 0 bridgehead atoms. The topological polar surface area (TPSA) is 12.0 Å². The molecule has 1 aromatic carbocycles. The first kappa shape index (κ1) is 9.47. The molecule has 0 aromatic heterocycles. The van der Waals surface area contributed by atoms with Crippen LogP contribution in [-0.2, 0) is 0 Å². The van der Waals surface area contributed by atoms with Gasteiger partial charge in [-0.05, 0) is 25.3 Å². The van der Waals surface area contributed by atoms with Gasteiger partial charge in [0.25, 0.3) is 0 Å². The molecule has 0 saturated heterocycles. The van der Waals surface area contributed by atoms with Gasteiger partial charge in [0.1, 0.15) is 0 Å². The molecule has 0 radical (unpaired) electrons. The van der Waals surface area contributed by atoms with Gasteiger partial charge in [-0.15, -0.1) is 0 Å². The van der Waals surface area contributed by atoms with Crippen LogP contribution in [0.4, 0.5) is 0 Å². The Kier molecular flexibility index (Phi) is 3.00. The Hall–Kier alpha value is -1.08. The molecule has 1 unspecified atom stereocenters. The molecular formula is C13H17N. The summed E-state index contributed by atoms with van der Waals surface area (Å²) in [6.07, 6.45) is 6.87. The highest BCUT2D eigenvalue weighted by molar-refractivity contribution is 5.18. The second-order valence-corrected chi connectivity index (χ2v) is 3.94. The molecular weight excluding hydrogens is 170 g/mol. The molecule has 1 N–H and O–H groups in total.